The van der Waals surface area contributed by atoms with Crippen LogP contribution in [0.3, 0.4) is 0 Å². The summed E-state index contributed by atoms with van der Waals surface area (Å²) in [7, 11) is 3.04. The molecule has 0 bridgehead atoms. The van der Waals surface area contributed by atoms with E-state index in [1.807, 2.05) is 19.1 Å². The molecule has 1 aromatic rings. The van der Waals surface area contributed by atoms with Gasteiger partial charge >= 0.3 is 12.0 Å². The first-order valence-corrected chi connectivity index (χ1v) is 10.6. The second-order valence-corrected chi connectivity index (χ2v) is 7.02. The van der Waals surface area contributed by atoms with Crippen molar-refractivity contribution in [3.05, 3.63) is 35.5 Å². The van der Waals surface area contributed by atoms with Crippen molar-refractivity contribution in [2.75, 3.05) is 14.2 Å². The first kappa shape index (κ1) is 26.0. The van der Waals surface area contributed by atoms with E-state index in [1.165, 1.54) is 12.0 Å². The zero-order valence-electron chi connectivity index (χ0n) is 19.1. The molecule has 2 rings (SSSR count). The standard InChI is InChI=1S/C20H28N2O4.C3H6O2/c1-5-7-8-11-14(6-2)22-19(23)17(21-20(22)24)18(26-4)15-12-9-10-13-16(15)25-3;1-2-3(4)5/h9-10,12-14H,5-8,11H2,1-4H3,(H,21,24);2H2,1H3,(H,4,5)/b18-17+;. The van der Waals surface area contributed by atoms with Crippen LogP contribution in [0.2, 0.25) is 0 Å². The number of hydrogen-bond acceptors (Lipinski definition) is 5. The third-order valence-electron chi connectivity index (χ3n) is 4.95. The van der Waals surface area contributed by atoms with Gasteiger partial charge < -0.3 is 14.6 Å². The largest absolute Gasteiger partial charge is 0.496 e. The second-order valence-electron chi connectivity index (χ2n) is 7.02. The van der Waals surface area contributed by atoms with Gasteiger partial charge in [0.25, 0.3) is 5.91 Å². The molecule has 1 aliphatic rings. The Morgan fingerprint density at radius 1 is 1.13 bits per heavy atom. The Hall–Kier alpha value is -3.03. The first-order valence-electron chi connectivity index (χ1n) is 10.6. The summed E-state index contributed by atoms with van der Waals surface area (Å²) in [5.41, 5.74) is 0.790. The molecule has 3 amide bonds. The second kappa shape index (κ2) is 13.3. The lowest BCUT2D eigenvalue weighted by Gasteiger charge is -2.23. The molecule has 1 atom stereocenters. The van der Waals surface area contributed by atoms with Gasteiger partial charge in [0.2, 0.25) is 0 Å². The topological polar surface area (TPSA) is 105 Å². The number of urea groups is 1. The summed E-state index contributed by atoms with van der Waals surface area (Å²) in [6.07, 6.45) is 4.95. The van der Waals surface area contributed by atoms with E-state index < -0.39 is 12.0 Å². The van der Waals surface area contributed by atoms with Crippen molar-refractivity contribution < 1.29 is 29.0 Å². The van der Waals surface area contributed by atoms with E-state index in [0.717, 1.165) is 32.1 Å². The minimum absolute atomic E-state index is 0.109. The van der Waals surface area contributed by atoms with Crippen LogP contribution in [-0.2, 0) is 14.3 Å². The van der Waals surface area contributed by atoms with Crippen molar-refractivity contribution in [2.45, 2.75) is 65.3 Å². The van der Waals surface area contributed by atoms with E-state index in [0.29, 0.717) is 17.1 Å². The number of para-hydroxylation sites is 1. The number of imide groups is 1. The number of nitrogens with one attached hydrogen (secondary N) is 1. The van der Waals surface area contributed by atoms with Gasteiger partial charge in [0, 0.05) is 12.5 Å². The number of nitrogens with zero attached hydrogens (tertiary/aromatic N) is 1. The fraction of sp³-hybridized carbons (Fsp3) is 0.522. The van der Waals surface area contributed by atoms with Crippen LogP contribution in [0.4, 0.5) is 4.79 Å². The van der Waals surface area contributed by atoms with Crippen molar-refractivity contribution in [2.24, 2.45) is 0 Å². The van der Waals surface area contributed by atoms with Crippen LogP contribution in [0.25, 0.3) is 5.76 Å². The highest BCUT2D eigenvalue weighted by atomic mass is 16.5. The quantitative estimate of drug-likeness (QED) is 0.245. The van der Waals surface area contributed by atoms with Gasteiger partial charge in [-0.3, -0.25) is 19.8 Å². The van der Waals surface area contributed by atoms with Gasteiger partial charge in [0.05, 0.1) is 19.8 Å². The van der Waals surface area contributed by atoms with E-state index in [4.69, 9.17) is 14.6 Å². The maximum atomic E-state index is 13.0. The minimum atomic E-state index is -0.745. The molecular formula is C23H34N2O6. The number of unbranched alkanes of at least 4 members (excludes halogenated alkanes) is 2. The summed E-state index contributed by atoms with van der Waals surface area (Å²) in [5, 5.41) is 10.4. The van der Waals surface area contributed by atoms with Crippen molar-refractivity contribution in [3.8, 4) is 5.75 Å². The Morgan fingerprint density at radius 2 is 1.77 bits per heavy atom. The Kier molecular flexibility index (Phi) is 11.2. The third kappa shape index (κ3) is 7.01. The summed E-state index contributed by atoms with van der Waals surface area (Å²) in [4.78, 5) is 36.2. The first-order chi connectivity index (χ1) is 14.9. The lowest BCUT2D eigenvalue weighted by molar-refractivity contribution is -0.136. The fourth-order valence-corrected chi connectivity index (χ4v) is 3.24. The number of carboxylic acids is 1. The Morgan fingerprint density at radius 3 is 2.29 bits per heavy atom. The van der Waals surface area contributed by atoms with Gasteiger partial charge in [-0.2, -0.15) is 0 Å². The Bertz CT molecular complexity index is 790. The molecule has 1 heterocycles. The van der Waals surface area contributed by atoms with E-state index >= 15 is 0 Å². The number of methoxy groups -OCH3 is 2. The molecule has 1 aromatic carbocycles. The van der Waals surface area contributed by atoms with Crippen molar-refractivity contribution in [3.63, 3.8) is 0 Å². The molecule has 8 heteroatoms. The number of ether oxygens (including phenoxy) is 2. The molecule has 8 nitrogen and oxygen atoms in total. The Labute approximate surface area is 184 Å². The Balaban J connectivity index is 0.000000861. The van der Waals surface area contributed by atoms with E-state index in [9.17, 15) is 14.4 Å². The molecule has 0 spiro atoms. The van der Waals surface area contributed by atoms with Crippen LogP contribution in [0.1, 0.15) is 64.9 Å². The summed E-state index contributed by atoms with van der Waals surface area (Å²) in [5.74, 6) is -0.204. The van der Waals surface area contributed by atoms with Crippen molar-refractivity contribution in [1.29, 1.82) is 0 Å². The number of aliphatic carboxylic acids is 1. The summed E-state index contributed by atoms with van der Waals surface area (Å²) in [6, 6.07) is 6.75. The average Bonchev–Trinajstić information content (AvgIpc) is 3.06. The fourth-order valence-electron chi connectivity index (χ4n) is 3.24. The normalized spacial score (nSPS) is 15.6. The van der Waals surface area contributed by atoms with Gasteiger partial charge in [-0.05, 0) is 25.0 Å². The number of carbonyl (C=O) groups is 3. The molecule has 31 heavy (non-hydrogen) atoms. The molecule has 1 fully saturated rings. The number of carbonyl (C=O) groups excluding carboxylic acids is 2. The van der Waals surface area contributed by atoms with Crippen LogP contribution in [0.15, 0.2) is 30.0 Å². The molecule has 1 saturated heterocycles. The molecule has 172 valence electrons. The van der Waals surface area contributed by atoms with Gasteiger partial charge in [-0.25, -0.2) is 4.79 Å². The van der Waals surface area contributed by atoms with Crippen molar-refractivity contribution >= 4 is 23.7 Å². The maximum Gasteiger partial charge on any atom is 0.329 e. The molecular weight excluding hydrogens is 400 g/mol. The molecule has 0 aliphatic carbocycles. The maximum absolute atomic E-state index is 13.0. The van der Waals surface area contributed by atoms with Crippen molar-refractivity contribution in [1.82, 2.24) is 10.2 Å². The van der Waals surface area contributed by atoms with Crippen LogP contribution in [0.5, 0.6) is 5.75 Å². The van der Waals surface area contributed by atoms with Gasteiger partial charge in [0.1, 0.15) is 5.75 Å². The lowest BCUT2D eigenvalue weighted by atomic mass is 10.0. The number of rotatable bonds is 10. The molecule has 1 unspecified atom stereocenters. The van der Waals surface area contributed by atoms with E-state index in [2.05, 4.69) is 12.2 Å². The molecule has 2 N–H and O–H groups in total. The number of amides is 3. The zero-order valence-corrected chi connectivity index (χ0v) is 19.1. The number of benzene rings is 1. The highest BCUT2D eigenvalue weighted by molar-refractivity contribution is 6.15. The third-order valence-corrected chi connectivity index (χ3v) is 4.95. The monoisotopic (exact) mass is 434 g/mol. The molecule has 0 radical (unpaired) electrons. The lowest BCUT2D eigenvalue weighted by Crippen LogP contribution is -2.40. The van der Waals surface area contributed by atoms with E-state index in [-0.39, 0.29) is 24.1 Å². The number of hydrogen-bond donors (Lipinski definition) is 2. The summed E-state index contributed by atoms with van der Waals surface area (Å²) < 4.78 is 10.8. The molecule has 0 saturated carbocycles. The zero-order chi connectivity index (χ0) is 23.4. The summed E-state index contributed by atoms with van der Waals surface area (Å²) in [6.45, 7) is 5.73. The highest BCUT2D eigenvalue weighted by Gasteiger charge is 2.40. The molecule has 0 aromatic heterocycles. The van der Waals surface area contributed by atoms with Crippen LogP contribution in [0, 0.1) is 0 Å². The SMILES string of the molecule is CCC(=O)O.CCCCCC(CC)N1C(=O)N/C(=C(/OC)c2ccccc2OC)C1=O. The highest BCUT2D eigenvalue weighted by Crippen LogP contribution is 2.31. The van der Waals surface area contributed by atoms with Crippen LogP contribution >= 0.6 is 0 Å². The van der Waals surface area contributed by atoms with Crippen LogP contribution in [-0.4, -0.2) is 48.2 Å². The predicted molar refractivity (Wildman–Crippen MR) is 118 cm³/mol. The molecule has 1 aliphatic heterocycles. The minimum Gasteiger partial charge on any atom is -0.496 e. The average molecular weight is 435 g/mol. The predicted octanol–water partition coefficient (Wildman–Crippen LogP) is 4.40. The van der Waals surface area contributed by atoms with Gasteiger partial charge in [-0.15, -0.1) is 0 Å². The number of carboxylic acid groups (broad SMARTS) is 1. The summed E-state index contributed by atoms with van der Waals surface area (Å²) >= 11 is 0. The van der Waals surface area contributed by atoms with Gasteiger partial charge in [0.15, 0.2) is 11.5 Å². The smallest absolute Gasteiger partial charge is 0.329 e. The van der Waals surface area contributed by atoms with Gasteiger partial charge in [-0.1, -0.05) is 52.2 Å². The van der Waals surface area contributed by atoms with E-state index in [1.54, 1.807) is 26.2 Å². The van der Waals surface area contributed by atoms with Crippen LogP contribution < -0.4 is 10.1 Å².